The van der Waals surface area contributed by atoms with Gasteiger partial charge >= 0.3 is 0 Å². The van der Waals surface area contributed by atoms with Gasteiger partial charge in [0, 0.05) is 4.90 Å². The summed E-state index contributed by atoms with van der Waals surface area (Å²) in [7, 11) is -9.22. The van der Waals surface area contributed by atoms with Crippen molar-refractivity contribution in [2.75, 3.05) is 0 Å². The van der Waals surface area contributed by atoms with Gasteiger partial charge in [0.05, 0.1) is 21.8 Å². The predicted octanol–water partition coefficient (Wildman–Crippen LogP) is 9.73. The molecule has 54 heavy (non-hydrogen) atoms. The number of rotatable bonds is 13. The van der Waals surface area contributed by atoms with Crippen LogP contribution in [0.2, 0.25) is 0 Å². The molecule has 0 heterocycles. The molecule has 0 aliphatic rings. The molecular weight excluding hydrogens is 755 g/mol. The van der Waals surface area contributed by atoms with Gasteiger partial charge in [-0.05, 0) is 109 Å². The van der Waals surface area contributed by atoms with Gasteiger partial charge in [-0.2, -0.15) is 13.7 Å². The van der Waals surface area contributed by atoms with Crippen molar-refractivity contribution in [2.45, 2.75) is 33.4 Å². The van der Waals surface area contributed by atoms with Gasteiger partial charge in [0.1, 0.15) is 51.0 Å². The topological polar surface area (TPSA) is 179 Å². The first-order valence-electron chi connectivity index (χ1n) is 15.8. The fourth-order valence-corrected chi connectivity index (χ4v) is 7.76. The van der Waals surface area contributed by atoms with E-state index in [2.05, 4.69) is 15.4 Å². The van der Waals surface area contributed by atoms with Gasteiger partial charge in [-0.15, -0.1) is 4.33 Å². The molecule has 2 N–H and O–H groups in total. The Balaban J connectivity index is 1.18. The van der Waals surface area contributed by atoms with E-state index in [9.17, 15) is 26.7 Å². The van der Waals surface area contributed by atoms with Crippen LogP contribution in [-0.4, -0.2) is 26.6 Å². The Kier molecular flexibility index (Phi) is 11.4. The average Bonchev–Trinajstić information content (AvgIpc) is 3.16. The lowest BCUT2D eigenvalue weighted by molar-refractivity contribution is -0.432. The summed E-state index contributed by atoms with van der Waals surface area (Å²) in [6.07, 6.45) is 0. The van der Waals surface area contributed by atoms with Gasteiger partial charge in [-0.25, -0.2) is 13.7 Å². The molecule has 15 heteroatoms. The number of nitriles is 1. The van der Waals surface area contributed by atoms with Gasteiger partial charge in [0.2, 0.25) is 9.84 Å². The van der Waals surface area contributed by atoms with Gasteiger partial charge in [0.15, 0.2) is 0 Å². The maximum Gasteiger partial charge on any atom is 0.298 e. The number of sulfone groups is 1. The SMILES string of the molecule is Cc1ccc(Oc2cccc(Oc3ccc(-c4ccc(Oc5ccc(S(=O)(=O)c6ccc(C)c(SOOO)c6)cc5S(=O)(=O)O)cc4)cc3)c2C#N)cc1. The quantitative estimate of drug-likeness (QED) is 0.0490. The smallest absolute Gasteiger partial charge is 0.298 e. The molecule has 12 nitrogen and oxygen atoms in total. The molecule has 274 valence electrons. The van der Waals surface area contributed by atoms with Crippen LogP contribution in [0.3, 0.4) is 0 Å². The van der Waals surface area contributed by atoms with Gasteiger partial charge in [0.25, 0.3) is 10.1 Å². The number of hydrogen-bond donors (Lipinski definition) is 2. The summed E-state index contributed by atoms with van der Waals surface area (Å²) in [6, 6.07) is 35.7. The zero-order valence-corrected chi connectivity index (χ0v) is 30.8. The summed E-state index contributed by atoms with van der Waals surface area (Å²) >= 11 is 0.574. The molecule has 0 aromatic heterocycles. The largest absolute Gasteiger partial charge is 0.456 e. The Labute approximate surface area is 315 Å². The lowest BCUT2D eigenvalue weighted by Crippen LogP contribution is -2.07. The Morgan fingerprint density at radius 3 is 1.65 bits per heavy atom. The Morgan fingerprint density at radius 2 is 1.13 bits per heavy atom. The first-order valence-corrected chi connectivity index (χ1v) is 19.5. The number of aryl methyl sites for hydroxylation is 2. The normalized spacial score (nSPS) is 11.5. The minimum Gasteiger partial charge on any atom is -0.456 e. The molecule has 0 saturated carbocycles. The summed E-state index contributed by atoms with van der Waals surface area (Å²) in [6.45, 7) is 3.65. The van der Waals surface area contributed by atoms with E-state index in [0.717, 1.165) is 34.9 Å². The van der Waals surface area contributed by atoms with E-state index in [1.165, 1.54) is 18.2 Å². The van der Waals surface area contributed by atoms with Crippen molar-refractivity contribution in [1.29, 1.82) is 5.26 Å². The van der Waals surface area contributed by atoms with Crippen LogP contribution in [0.1, 0.15) is 16.7 Å². The highest BCUT2D eigenvalue weighted by Gasteiger charge is 2.25. The maximum atomic E-state index is 13.4. The van der Waals surface area contributed by atoms with Crippen molar-refractivity contribution in [3.63, 3.8) is 0 Å². The van der Waals surface area contributed by atoms with E-state index in [0.29, 0.717) is 45.5 Å². The second-order valence-corrected chi connectivity index (χ2v) is 15.7. The van der Waals surface area contributed by atoms with Crippen LogP contribution in [0.25, 0.3) is 11.1 Å². The second kappa shape index (κ2) is 16.1. The molecule has 6 aromatic rings. The van der Waals surface area contributed by atoms with Gasteiger partial charge < -0.3 is 14.2 Å². The van der Waals surface area contributed by atoms with E-state index in [1.807, 2.05) is 43.3 Å². The molecular formula is C39H29NO11S3. The minimum absolute atomic E-state index is 0.202. The van der Waals surface area contributed by atoms with Crippen LogP contribution in [0.15, 0.2) is 147 Å². The summed E-state index contributed by atoms with van der Waals surface area (Å²) in [4.78, 5) is -1.06. The van der Waals surface area contributed by atoms with E-state index in [-0.39, 0.29) is 22.0 Å². The van der Waals surface area contributed by atoms with Gasteiger partial charge in [-0.3, -0.25) is 4.55 Å². The van der Waals surface area contributed by atoms with Crippen molar-refractivity contribution in [3.8, 4) is 51.7 Å². The molecule has 0 fully saturated rings. The van der Waals surface area contributed by atoms with Crippen LogP contribution < -0.4 is 14.2 Å². The summed E-state index contributed by atoms with van der Waals surface area (Å²) in [5.41, 5.74) is 3.54. The zero-order valence-electron chi connectivity index (χ0n) is 28.4. The second-order valence-electron chi connectivity index (χ2n) is 11.6. The molecule has 0 atom stereocenters. The molecule has 6 aromatic carbocycles. The Hall–Kier alpha value is -5.70. The standard InChI is InChI=1S/C39H29NO11S3/c1-25-6-13-29(14-7-25)47-35-4-3-5-36(34(35)24-40)48-30-15-9-27(10-16-30)28-11-17-31(18-12-28)49-37-21-20-33(23-39(37)54(44,45)46)53(42,43)32-19-8-26(2)38(22-32)52-51-50-41/h3-23,41H,1-2H3,(H,44,45,46). The number of ether oxygens (including phenoxy) is 3. The first-order chi connectivity index (χ1) is 25.8. The fraction of sp³-hybridized carbons (Fsp3) is 0.0513. The highest BCUT2D eigenvalue weighted by atomic mass is 32.2. The van der Waals surface area contributed by atoms with E-state index < -0.39 is 29.7 Å². The van der Waals surface area contributed by atoms with Crippen LogP contribution in [0.5, 0.6) is 34.5 Å². The third kappa shape index (κ3) is 8.73. The van der Waals surface area contributed by atoms with Crippen LogP contribution in [0, 0.1) is 25.2 Å². The molecule has 0 radical (unpaired) electrons. The van der Waals surface area contributed by atoms with Crippen molar-refractivity contribution >= 4 is 32.0 Å². The van der Waals surface area contributed by atoms with Crippen LogP contribution in [0.4, 0.5) is 0 Å². The monoisotopic (exact) mass is 783 g/mol. The molecule has 0 saturated heterocycles. The molecule has 0 amide bonds. The molecule has 0 aliphatic carbocycles. The molecule has 6 rings (SSSR count). The molecule has 0 spiro atoms. The Morgan fingerprint density at radius 1 is 0.630 bits per heavy atom. The van der Waals surface area contributed by atoms with E-state index in [4.69, 9.17) is 19.5 Å². The molecule has 0 bridgehead atoms. The summed E-state index contributed by atoms with van der Waals surface area (Å²) in [5, 5.41) is 21.9. The third-order valence-electron chi connectivity index (χ3n) is 7.97. The molecule has 0 unspecified atom stereocenters. The summed E-state index contributed by atoms with van der Waals surface area (Å²) < 4.78 is 83.9. The van der Waals surface area contributed by atoms with E-state index in [1.54, 1.807) is 61.5 Å². The third-order valence-corrected chi connectivity index (χ3v) is 11.3. The van der Waals surface area contributed by atoms with Crippen molar-refractivity contribution < 1.29 is 50.2 Å². The minimum atomic E-state index is -4.94. The van der Waals surface area contributed by atoms with Crippen molar-refractivity contribution in [3.05, 3.63) is 144 Å². The number of hydrogen-bond acceptors (Lipinski definition) is 12. The Bertz CT molecular complexity index is 2570. The predicted molar refractivity (Wildman–Crippen MR) is 198 cm³/mol. The van der Waals surface area contributed by atoms with Crippen molar-refractivity contribution in [1.82, 2.24) is 0 Å². The van der Waals surface area contributed by atoms with Crippen LogP contribution >= 0.6 is 12.0 Å². The first kappa shape index (κ1) is 38.0. The van der Waals surface area contributed by atoms with Crippen molar-refractivity contribution in [2.24, 2.45) is 0 Å². The lowest BCUT2D eigenvalue weighted by atomic mass is 10.1. The number of benzene rings is 6. The highest BCUT2D eigenvalue weighted by Crippen LogP contribution is 2.37. The van der Waals surface area contributed by atoms with Gasteiger partial charge in [-0.1, -0.05) is 59.1 Å². The summed E-state index contributed by atoms with van der Waals surface area (Å²) in [5.74, 6) is 1.67. The molecule has 0 aliphatic heterocycles. The lowest BCUT2D eigenvalue weighted by Gasteiger charge is -2.13. The fourth-order valence-electron chi connectivity index (χ4n) is 5.18. The average molecular weight is 784 g/mol. The maximum absolute atomic E-state index is 13.4. The zero-order chi connectivity index (χ0) is 38.5. The number of nitrogens with zero attached hydrogens (tertiary/aromatic N) is 1. The van der Waals surface area contributed by atoms with Crippen LogP contribution in [-0.2, 0) is 29.3 Å². The highest BCUT2D eigenvalue weighted by molar-refractivity contribution is 7.94. The van der Waals surface area contributed by atoms with E-state index >= 15 is 0 Å².